The van der Waals surface area contributed by atoms with Crippen LogP contribution in [0.3, 0.4) is 0 Å². The Bertz CT molecular complexity index is 1540. The highest BCUT2D eigenvalue weighted by Crippen LogP contribution is 2.31. The third-order valence-corrected chi connectivity index (χ3v) is 8.16. The number of hydrogen-bond acceptors (Lipinski definition) is 5. The number of anilines is 1. The number of amides is 2. The Morgan fingerprint density at radius 2 is 1.61 bits per heavy atom. The number of aliphatic hydroxyl groups is 1. The van der Waals surface area contributed by atoms with Crippen molar-refractivity contribution in [1.82, 2.24) is 9.80 Å². The molecule has 0 saturated heterocycles. The Balaban J connectivity index is 1.32. The van der Waals surface area contributed by atoms with Gasteiger partial charge in [0.1, 0.15) is 11.9 Å². The highest BCUT2D eigenvalue weighted by molar-refractivity contribution is 6.00. The average Bonchev–Trinajstić information content (AvgIpc) is 3.04. The summed E-state index contributed by atoms with van der Waals surface area (Å²) in [5.41, 5.74) is 5.39. The molecule has 44 heavy (non-hydrogen) atoms. The van der Waals surface area contributed by atoms with Crippen LogP contribution in [0.4, 0.5) is 5.69 Å². The predicted octanol–water partition coefficient (Wildman–Crippen LogP) is 5.89. The molecule has 228 valence electrons. The van der Waals surface area contributed by atoms with Gasteiger partial charge in [-0.2, -0.15) is 0 Å². The van der Waals surface area contributed by atoms with E-state index in [0.29, 0.717) is 30.1 Å². The molecule has 5 rings (SSSR count). The standard InChI is InChI=1S/C37H41N3O4/c1-26-22-40(27(2)25-41)37(43)33-21-32(38-36(42)20-28-10-6-4-7-11-28)18-19-34(33)44-35(26)24-39(3)23-29-14-16-31(17-15-29)30-12-8-5-9-13-30/h4-19,21,26-27,35,41H,20,22-25H2,1-3H3,(H,38,42)/t26-,27+,35-/m1/s1. The van der Waals surface area contributed by atoms with E-state index in [1.807, 2.05) is 55.5 Å². The van der Waals surface area contributed by atoms with Crippen LogP contribution in [0.5, 0.6) is 5.75 Å². The summed E-state index contributed by atoms with van der Waals surface area (Å²) in [6.45, 7) is 5.61. The number of benzene rings is 4. The molecular weight excluding hydrogens is 550 g/mol. The van der Waals surface area contributed by atoms with Crippen LogP contribution < -0.4 is 10.1 Å². The van der Waals surface area contributed by atoms with Gasteiger partial charge >= 0.3 is 0 Å². The summed E-state index contributed by atoms with van der Waals surface area (Å²) in [6, 6.07) is 33.3. The summed E-state index contributed by atoms with van der Waals surface area (Å²) in [5.74, 6) is 0.0938. The maximum absolute atomic E-state index is 13.8. The van der Waals surface area contributed by atoms with E-state index in [9.17, 15) is 14.7 Å². The number of fused-ring (bicyclic) bond motifs is 1. The first-order valence-electron chi connectivity index (χ1n) is 15.2. The highest BCUT2D eigenvalue weighted by atomic mass is 16.5. The molecule has 0 aromatic heterocycles. The number of nitrogens with zero attached hydrogens (tertiary/aromatic N) is 2. The lowest BCUT2D eigenvalue weighted by molar-refractivity contribution is -0.115. The summed E-state index contributed by atoms with van der Waals surface area (Å²) in [7, 11) is 2.07. The zero-order valence-electron chi connectivity index (χ0n) is 25.6. The van der Waals surface area contributed by atoms with Gasteiger partial charge in [-0.25, -0.2) is 0 Å². The van der Waals surface area contributed by atoms with Crippen molar-refractivity contribution in [3.05, 3.63) is 120 Å². The molecule has 0 spiro atoms. The summed E-state index contributed by atoms with van der Waals surface area (Å²) >= 11 is 0. The molecule has 2 N–H and O–H groups in total. The second-order valence-electron chi connectivity index (χ2n) is 11.8. The van der Waals surface area contributed by atoms with Crippen molar-refractivity contribution in [1.29, 1.82) is 0 Å². The fourth-order valence-corrected chi connectivity index (χ4v) is 5.62. The smallest absolute Gasteiger partial charge is 0.258 e. The van der Waals surface area contributed by atoms with E-state index in [-0.39, 0.29) is 42.9 Å². The van der Waals surface area contributed by atoms with Crippen LogP contribution in [0.2, 0.25) is 0 Å². The molecule has 0 saturated carbocycles. The molecule has 0 aliphatic carbocycles. The molecule has 2 amide bonds. The molecule has 4 aromatic carbocycles. The summed E-state index contributed by atoms with van der Waals surface area (Å²) in [4.78, 5) is 30.5. The van der Waals surface area contributed by atoms with E-state index in [1.54, 1.807) is 23.1 Å². The van der Waals surface area contributed by atoms with E-state index in [4.69, 9.17) is 4.74 Å². The zero-order valence-corrected chi connectivity index (χ0v) is 25.6. The second-order valence-corrected chi connectivity index (χ2v) is 11.8. The van der Waals surface area contributed by atoms with Gasteiger partial charge in [0, 0.05) is 31.2 Å². The largest absolute Gasteiger partial charge is 0.488 e. The number of likely N-dealkylation sites (N-methyl/N-ethyl adjacent to an activating group) is 1. The topological polar surface area (TPSA) is 82.1 Å². The lowest BCUT2D eigenvalue weighted by Gasteiger charge is -2.38. The Morgan fingerprint density at radius 1 is 0.955 bits per heavy atom. The van der Waals surface area contributed by atoms with Gasteiger partial charge in [0.25, 0.3) is 5.91 Å². The number of rotatable bonds is 10. The van der Waals surface area contributed by atoms with Gasteiger partial charge in [0.05, 0.1) is 24.6 Å². The van der Waals surface area contributed by atoms with Crippen LogP contribution in [-0.2, 0) is 17.8 Å². The maximum Gasteiger partial charge on any atom is 0.258 e. The van der Waals surface area contributed by atoms with Crippen LogP contribution in [0.15, 0.2) is 103 Å². The number of aliphatic hydroxyl groups excluding tert-OH is 1. The Hall–Kier alpha value is -4.46. The maximum atomic E-state index is 13.8. The summed E-state index contributed by atoms with van der Waals surface area (Å²) in [5, 5.41) is 12.9. The number of hydrogen-bond donors (Lipinski definition) is 2. The van der Waals surface area contributed by atoms with Crippen LogP contribution in [-0.4, -0.2) is 65.6 Å². The minimum Gasteiger partial charge on any atom is -0.488 e. The molecule has 0 radical (unpaired) electrons. The van der Waals surface area contributed by atoms with Gasteiger partial charge < -0.3 is 20.1 Å². The molecule has 4 aromatic rings. The average molecular weight is 592 g/mol. The van der Waals surface area contributed by atoms with Gasteiger partial charge in [0.15, 0.2) is 0 Å². The van der Waals surface area contributed by atoms with Crippen molar-refractivity contribution in [3.8, 4) is 16.9 Å². The molecular formula is C37H41N3O4. The lowest BCUT2D eigenvalue weighted by Crippen LogP contribution is -2.49. The van der Waals surface area contributed by atoms with E-state index >= 15 is 0 Å². The Morgan fingerprint density at radius 3 is 2.30 bits per heavy atom. The van der Waals surface area contributed by atoms with Crippen molar-refractivity contribution < 1.29 is 19.4 Å². The third kappa shape index (κ3) is 7.73. The van der Waals surface area contributed by atoms with Crippen molar-refractivity contribution >= 4 is 17.5 Å². The minimum absolute atomic E-state index is 0.00857. The van der Waals surface area contributed by atoms with Crippen molar-refractivity contribution in [2.45, 2.75) is 39.0 Å². The van der Waals surface area contributed by atoms with Gasteiger partial charge in [-0.05, 0) is 54.4 Å². The second kappa shape index (κ2) is 14.3. The molecule has 7 nitrogen and oxygen atoms in total. The molecule has 3 atom stereocenters. The number of nitrogens with one attached hydrogen (secondary N) is 1. The SMILES string of the molecule is C[C@@H]1CN([C@@H](C)CO)C(=O)c2cc(NC(=O)Cc3ccccc3)ccc2O[C@@H]1CN(C)Cc1ccc(-c2ccccc2)cc1. The van der Waals surface area contributed by atoms with E-state index in [2.05, 4.69) is 60.6 Å². The first-order chi connectivity index (χ1) is 21.3. The summed E-state index contributed by atoms with van der Waals surface area (Å²) < 4.78 is 6.56. The van der Waals surface area contributed by atoms with Gasteiger partial charge in [-0.15, -0.1) is 0 Å². The van der Waals surface area contributed by atoms with E-state index in [1.165, 1.54) is 16.7 Å². The Labute approximate surface area is 260 Å². The molecule has 7 heteroatoms. The van der Waals surface area contributed by atoms with Gasteiger partial charge in [-0.3, -0.25) is 14.5 Å². The molecule has 1 aliphatic heterocycles. The van der Waals surface area contributed by atoms with Crippen LogP contribution >= 0.6 is 0 Å². The van der Waals surface area contributed by atoms with E-state index in [0.717, 1.165) is 12.1 Å². The summed E-state index contributed by atoms with van der Waals surface area (Å²) in [6.07, 6.45) is 0.0269. The number of ether oxygens (including phenoxy) is 1. The predicted molar refractivity (Wildman–Crippen MR) is 175 cm³/mol. The molecule has 0 bridgehead atoms. The van der Waals surface area contributed by atoms with Crippen LogP contribution in [0.1, 0.15) is 35.3 Å². The normalized spacial score (nSPS) is 17.3. The molecule has 1 aliphatic rings. The highest BCUT2D eigenvalue weighted by Gasteiger charge is 2.33. The lowest BCUT2D eigenvalue weighted by atomic mass is 9.99. The van der Waals surface area contributed by atoms with Crippen molar-refractivity contribution in [3.63, 3.8) is 0 Å². The number of carbonyl (C=O) groups excluding carboxylic acids is 2. The zero-order chi connectivity index (χ0) is 31.1. The number of carbonyl (C=O) groups is 2. The first-order valence-corrected chi connectivity index (χ1v) is 15.2. The quantitative estimate of drug-likeness (QED) is 0.241. The van der Waals surface area contributed by atoms with Gasteiger partial charge in [-0.1, -0.05) is 91.9 Å². The Kier molecular flexibility index (Phi) is 10.1. The van der Waals surface area contributed by atoms with Gasteiger partial charge in [0.2, 0.25) is 5.91 Å². The molecule has 0 unspecified atom stereocenters. The van der Waals surface area contributed by atoms with E-state index < -0.39 is 0 Å². The van der Waals surface area contributed by atoms with Crippen molar-refractivity contribution in [2.24, 2.45) is 5.92 Å². The third-order valence-electron chi connectivity index (χ3n) is 8.16. The fraction of sp³-hybridized carbons (Fsp3) is 0.297. The van der Waals surface area contributed by atoms with Crippen molar-refractivity contribution in [2.75, 3.05) is 32.1 Å². The fourth-order valence-electron chi connectivity index (χ4n) is 5.62. The molecule has 0 fully saturated rings. The minimum atomic E-state index is -0.367. The van der Waals surface area contributed by atoms with Crippen LogP contribution in [0.25, 0.3) is 11.1 Å². The van der Waals surface area contributed by atoms with Crippen LogP contribution in [0, 0.1) is 5.92 Å². The monoisotopic (exact) mass is 591 g/mol. The first kappa shape index (κ1) is 31.0. The molecule has 1 heterocycles.